The number of hydrogen-bond donors (Lipinski definition) is 1. The van der Waals surface area contributed by atoms with Gasteiger partial charge in [-0.3, -0.25) is 4.98 Å². The van der Waals surface area contributed by atoms with Gasteiger partial charge in [0.15, 0.2) is 11.5 Å². The lowest BCUT2D eigenvalue weighted by molar-refractivity contribution is 0.373. The van der Waals surface area contributed by atoms with Crippen LogP contribution in [0, 0.1) is 0 Å². The summed E-state index contributed by atoms with van der Waals surface area (Å²) in [5.74, 6) is 0.598. The molecule has 0 radical (unpaired) electrons. The molecular weight excluding hydrogens is 262 g/mol. The number of phenols is 1. The van der Waals surface area contributed by atoms with Gasteiger partial charge in [-0.25, -0.2) is 0 Å². The normalized spacial score (nSPS) is 11.1. The van der Waals surface area contributed by atoms with E-state index in [2.05, 4.69) is 17.1 Å². The molecule has 0 atom stereocenters. The van der Waals surface area contributed by atoms with E-state index < -0.39 is 0 Å². The Balaban J connectivity index is 1.98. The molecule has 3 nitrogen and oxygen atoms in total. The van der Waals surface area contributed by atoms with Crippen LogP contribution in [0.5, 0.6) is 11.5 Å². The summed E-state index contributed by atoms with van der Waals surface area (Å²) >= 11 is 0. The molecule has 0 bridgehead atoms. The third kappa shape index (κ3) is 2.72. The van der Waals surface area contributed by atoms with Crippen LogP contribution in [-0.4, -0.2) is 17.2 Å². The van der Waals surface area contributed by atoms with Crippen molar-refractivity contribution in [3.8, 4) is 11.5 Å². The Morgan fingerprint density at radius 1 is 1.05 bits per heavy atom. The number of ether oxygens (including phenoxy) is 1. The van der Waals surface area contributed by atoms with E-state index in [9.17, 15) is 5.11 Å². The number of pyridine rings is 1. The lowest BCUT2D eigenvalue weighted by Crippen LogP contribution is -1.85. The number of benzene rings is 2. The molecule has 1 N–H and O–H groups in total. The highest BCUT2D eigenvalue weighted by atomic mass is 16.5. The van der Waals surface area contributed by atoms with Crippen molar-refractivity contribution in [2.24, 2.45) is 0 Å². The molecule has 1 heterocycles. The minimum absolute atomic E-state index is 0.137. The van der Waals surface area contributed by atoms with Crippen LogP contribution in [0.4, 0.5) is 0 Å². The van der Waals surface area contributed by atoms with Crippen LogP contribution in [0.2, 0.25) is 0 Å². The third-order valence-corrected chi connectivity index (χ3v) is 3.34. The molecule has 0 amide bonds. The fraction of sp³-hybridized carbons (Fsp3) is 0.0556. The summed E-state index contributed by atoms with van der Waals surface area (Å²) in [7, 11) is 1.54. The van der Waals surface area contributed by atoms with E-state index in [1.54, 1.807) is 18.3 Å². The van der Waals surface area contributed by atoms with E-state index in [0.717, 1.165) is 22.0 Å². The van der Waals surface area contributed by atoms with Crippen molar-refractivity contribution in [3.63, 3.8) is 0 Å². The number of fused-ring (bicyclic) bond motifs is 1. The highest BCUT2D eigenvalue weighted by Gasteiger charge is 2.01. The van der Waals surface area contributed by atoms with E-state index in [1.165, 1.54) is 7.11 Å². The van der Waals surface area contributed by atoms with Gasteiger partial charge in [-0.2, -0.15) is 0 Å². The first kappa shape index (κ1) is 13.2. The summed E-state index contributed by atoms with van der Waals surface area (Å²) in [6.07, 6.45) is 5.73. The van der Waals surface area contributed by atoms with E-state index in [1.807, 2.05) is 36.4 Å². The van der Waals surface area contributed by atoms with Crippen molar-refractivity contribution in [1.29, 1.82) is 0 Å². The molecule has 3 aromatic rings. The van der Waals surface area contributed by atoms with E-state index in [-0.39, 0.29) is 5.75 Å². The fourth-order valence-corrected chi connectivity index (χ4v) is 2.25. The maximum absolute atomic E-state index is 9.60. The van der Waals surface area contributed by atoms with Gasteiger partial charge in [0.2, 0.25) is 0 Å². The fourth-order valence-electron chi connectivity index (χ4n) is 2.25. The second kappa shape index (κ2) is 5.67. The molecular formula is C18H15NO2. The first-order chi connectivity index (χ1) is 10.3. The molecule has 3 heteroatoms. The smallest absolute Gasteiger partial charge is 0.161 e. The maximum Gasteiger partial charge on any atom is 0.161 e. The van der Waals surface area contributed by atoms with E-state index in [0.29, 0.717) is 5.75 Å². The zero-order valence-corrected chi connectivity index (χ0v) is 11.7. The van der Waals surface area contributed by atoms with Crippen LogP contribution in [0.15, 0.2) is 54.7 Å². The number of hydrogen-bond acceptors (Lipinski definition) is 3. The average molecular weight is 277 g/mol. The largest absolute Gasteiger partial charge is 0.504 e. The van der Waals surface area contributed by atoms with Crippen molar-refractivity contribution >= 4 is 22.9 Å². The number of aromatic nitrogens is 1. The molecule has 0 aliphatic heterocycles. The van der Waals surface area contributed by atoms with Crippen LogP contribution in [0.3, 0.4) is 0 Å². The molecule has 0 saturated carbocycles. The zero-order valence-electron chi connectivity index (χ0n) is 11.7. The predicted octanol–water partition coefficient (Wildman–Crippen LogP) is 4.12. The van der Waals surface area contributed by atoms with Crippen LogP contribution < -0.4 is 4.74 Å². The summed E-state index contributed by atoms with van der Waals surface area (Å²) in [5.41, 5.74) is 1.86. The quantitative estimate of drug-likeness (QED) is 0.783. The van der Waals surface area contributed by atoms with Gasteiger partial charge in [0, 0.05) is 11.6 Å². The van der Waals surface area contributed by atoms with Gasteiger partial charge in [0.25, 0.3) is 0 Å². The minimum Gasteiger partial charge on any atom is -0.504 e. The molecule has 0 saturated heterocycles. The second-order valence-corrected chi connectivity index (χ2v) is 4.68. The Morgan fingerprint density at radius 3 is 2.76 bits per heavy atom. The van der Waals surface area contributed by atoms with Crippen LogP contribution in [-0.2, 0) is 0 Å². The molecule has 0 aliphatic carbocycles. The Labute approximate surface area is 123 Å². The second-order valence-electron chi connectivity index (χ2n) is 4.68. The van der Waals surface area contributed by atoms with Crippen LogP contribution in [0.25, 0.3) is 22.9 Å². The number of aromatic hydroxyl groups is 1. The average Bonchev–Trinajstić information content (AvgIpc) is 2.54. The Morgan fingerprint density at radius 2 is 1.90 bits per heavy atom. The van der Waals surface area contributed by atoms with Gasteiger partial charge in [0.1, 0.15) is 0 Å². The summed E-state index contributed by atoms with van der Waals surface area (Å²) < 4.78 is 5.11. The molecule has 1 aromatic heterocycles. The molecule has 0 spiro atoms. The van der Waals surface area contributed by atoms with Gasteiger partial charge >= 0.3 is 0 Å². The van der Waals surface area contributed by atoms with Crippen molar-refractivity contribution in [2.75, 3.05) is 7.11 Å². The van der Waals surface area contributed by atoms with Crippen LogP contribution >= 0.6 is 0 Å². The highest BCUT2D eigenvalue weighted by molar-refractivity contribution is 5.91. The minimum atomic E-state index is 0.137. The monoisotopic (exact) mass is 277 g/mol. The number of methoxy groups -OCH3 is 1. The van der Waals surface area contributed by atoms with Gasteiger partial charge < -0.3 is 9.84 Å². The molecule has 21 heavy (non-hydrogen) atoms. The highest BCUT2D eigenvalue weighted by Crippen LogP contribution is 2.27. The Hall–Kier alpha value is -2.81. The molecule has 0 fully saturated rings. The summed E-state index contributed by atoms with van der Waals surface area (Å²) in [6, 6.07) is 15.4. The van der Waals surface area contributed by atoms with Gasteiger partial charge in [0.05, 0.1) is 12.8 Å². The number of nitrogens with zero attached hydrogens (tertiary/aromatic N) is 1. The van der Waals surface area contributed by atoms with E-state index >= 15 is 0 Å². The van der Waals surface area contributed by atoms with Crippen LogP contribution in [0.1, 0.15) is 11.3 Å². The standard InChI is InChI=1S/C18H15NO2/c1-21-18-12-13(7-9-17(18)20)6-8-16-15-5-3-2-4-14(15)10-11-19-16/h2-12,20H,1H3. The van der Waals surface area contributed by atoms with Gasteiger partial charge in [-0.15, -0.1) is 0 Å². The summed E-state index contributed by atoms with van der Waals surface area (Å²) in [4.78, 5) is 4.41. The van der Waals surface area contributed by atoms with E-state index in [4.69, 9.17) is 4.74 Å². The molecule has 2 aromatic carbocycles. The van der Waals surface area contributed by atoms with Crippen molar-refractivity contribution < 1.29 is 9.84 Å². The topological polar surface area (TPSA) is 42.4 Å². The van der Waals surface area contributed by atoms with Crippen molar-refractivity contribution in [1.82, 2.24) is 4.98 Å². The first-order valence-corrected chi connectivity index (χ1v) is 6.67. The SMILES string of the molecule is COc1cc(C=Cc2nccc3ccccc23)ccc1O. The number of rotatable bonds is 3. The van der Waals surface area contributed by atoms with Gasteiger partial charge in [-0.05, 0) is 35.2 Å². The summed E-state index contributed by atoms with van der Waals surface area (Å²) in [5, 5.41) is 11.9. The molecule has 0 aliphatic rings. The molecule has 0 unspecified atom stereocenters. The zero-order chi connectivity index (χ0) is 14.7. The molecule has 104 valence electrons. The lowest BCUT2D eigenvalue weighted by Gasteiger charge is -2.04. The lowest BCUT2D eigenvalue weighted by atomic mass is 10.1. The first-order valence-electron chi connectivity index (χ1n) is 6.67. The third-order valence-electron chi connectivity index (χ3n) is 3.34. The maximum atomic E-state index is 9.60. The summed E-state index contributed by atoms with van der Waals surface area (Å²) in [6.45, 7) is 0. The van der Waals surface area contributed by atoms with Crippen molar-refractivity contribution in [2.45, 2.75) is 0 Å². The number of phenolic OH excluding ortho intramolecular Hbond substituents is 1. The van der Waals surface area contributed by atoms with Crippen molar-refractivity contribution in [3.05, 3.63) is 66.0 Å². The van der Waals surface area contributed by atoms with Gasteiger partial charge in [-0.1, -0.05) is 36.4 Å². The molecule has 3 rings (SSSR count). The Kier molecular flexibility index (Phi) is 3.56. The predicted molar refractivity (Wildman–Crippen MR) is 85.3 cm³/mol. The Bertz CT molecular complexity index is 804.